The number of anilines is 1. The highest BCUT2D eigenvalue weighted by Gasteiger charge is 2.19. The third kappa shape index (κ3) is 2.83. The maximum atomic E-state index is 5.95. The minimum Gasteiger partial charge on any atom is -0.399 e. The maximum Gasteiger partial charge on any atom is 0.0988 e. The molecule has 0 bridgehead atoms. The predicted octanol–water partition coefficient (Wildman–Crippen LogP) is 3.31. The van der Waals surface area contributed by atoms with E-state index in [1.54, 1.807) is 0 Å². The van der Waals surface area contributed by atoms with Gasteiger partial charge in [0.05, 0.1) is 32.5 Å². The third-order valence-corrected chi connectivity index (χ3v) is 4.27. The molecule has 0 saturated carbocycles. The number of ether oxygens (including phenoxy) is 2. The number of hydrogen-bond acceptors (Lipinski definition) is 3. The molecule has 1 unspecified atom stereocenters. The first-order chi connectivity index (χ1) is 11.3. The van der Waals surface area contributed by atoms with Crippen LogP contribution < -0.4 is 5.73 Å². The Bertz CT molecular complexity index is 805. The lowest BCUT2D eigenvalue weighted by molar-refractivity contribution is -0.0930. The molecule has 4 nitrogen and oxygen atoms in total. The maximum absolute atomic E-state index is 5.95. The van der Waals surface area contributed by atoms with Gasteiger partial charge in [-0.3, -0.25) is 0 Å². The number of aromatic nitrogens is 1. The average molecular weight is 308 g/mol. The van der Waals surface area contributed by atoms with Crippen molar-refractivity contribution in [1.29, 1.82) is 0 Å². The minimum atomic E-state index is 0.0827. The Labute approximate surface area is 135 Å². The van der Waals surface area contributed by atoms with Crippen molar-refractivity contribution in [3.05, 3.63) is 54.6 Å². The van der Waals surface area contributed by atoms with Crippen LogP contribution in [0.3, 0.4) is 0 Å². The highest BCUT2D eigenvalue weighted by atomic mass is 16.6. The fourth-order valence-corrected chi connectivity index (χ4v) is 3.18. The van der Waals surface area contributed by atoms with E-state index in [0.717, 1.165) is 17.6 Å². The van der Waals surface area contributed by atoms with Gasteiger partial charge < -0.3 is 19.8 Å². The number of hydrogen-bond donors (Lipinski definition) is 1. The molecule has 3 aromatic rings. The molecule has 1 fully saturated rings. The Kier molecular flexibility index (Phi) is 3.77. The van der Waals surface area contributed by atoms with Crippen LogP contribution in [0, 0.1) is 0 Å². The summed E-state index contributed by atoms with van der Waals surface area (Å²) < 4.78 is 13.7. The molecule has 1 aliphatic heterocycles. The van der Waals surface area contributed by atoms with Gasteiger partial charge in [0.15, 0.2) is 0 Å². The number of rotatable bonds is 3. The minimum absolute atomic E-state index is 0.0827. The summed E-state index contributed by atoms with van der Waals surface area (Å²) in [4.78, 5) is 0. The molecular weight excluding hydrogens is 288 g/mol. The van der Waals surface area contributed by atoms with Crippen LogP contribution in [0.4, 0.5) is 5.69 Å². The topological polar surface area (TPSA) is 49.4 Å². The van der Waals surface area contributed by atoms with Gasteiger partial charge in [-0.15, -0.1) is 0 Å². The Morgan fingerprint density at radius 3 is 2.70 bits per heavy atom. The fourth-order valence-electron chi connectivity index (χ4n) is 3.18. The van der Waals surface area contributed by atoms with Gasteiger partial charge in [-0.05, 0) is 29.8 Å². The molecule has 2 heterocycles. The zero-order valence-corrected chi connectivity index (χ0v) is 12.9. The van der Waals surface area contributed by atoms with E-state index in [4.69, 9.17) is 15.2 Å². The first kappa shape index (κ1) is 14.3. The Morgan fingerprint density at radius 2 is 1.91 bits per heavy atom. The highest BCUT2D eigenvalue weighted by molar-refractivity contribution is 5.89. The molecule has 2 aromatic carbocycles. The van der Waals surface area contributed by atoms with Crippen LogP contribution in [-0.4, -0.2) is 30.5 Å². The second-order valence-corrected chi connectivity index (χ2v) is 5.89. The van der Waals surface area contributed by atoms with Crippen molar-refractivity contribution < 1.29 is 9.47 Å². The molecule has 1 aliphatic rings. The first-order valence-corrected chi connectivity index (χ1v) is 7.95. The molecule has 118 valence electrons. The van der Waals surface area contributed by atoms with Crippen LogP contribution in [0.15, 0.2) is 54.6 Å². The summed E-state index contributed by atoms with van der Waals surface area (Å²) >= 11 is 0. The summed E-state index contributed by atoms with van der Waals surface area (Å²) in [5, 5.41) is 1.15. The van der Waals surface area contributed by atoms with Gasteiger partial charge in [0.1, 0.15) is 0 Å². The molecule has 1 atom stereocenters. The number of nitrogens with two attached hydrogens (primary N) is 1. The summed E-state index contributed by atoms with van der Waals surface area (Å²) in [6.07, 6.45) is 0.0827. The number of nitrogens with zero attached hydrogens (tertiary/aromatic N) is 1. The fraction of sp³-hybridized carbons (Fsp3) is 0.263. The van der Waals surface area contributed by atoms with Crippen LogP contribution in [0.25, 0.3) is 22.2 Å². The Morgan fingerprint density at radius 1 is 1.04 bits per heavy atom. The number of nitrogen functional groups attached to an aromatic ring is 1. The molecule has 2 N–H and O–H groups in total. The Balaban J connectivity index is 1.81. The smallest absolute Gasteiger partial charge is 0.0988 e. The molecule has 0 spiro atoms. The number of benzene rings is 2. The van der Waals surface area contributed by atoms with E-state index in [1.807, 2.05) is 18.2 Å². The van der Waals surface area contributed by atoms with Crippen molar-refractivity contribution in [1.82, 2.24) is 4.57 Å². The molecule has 0 aliphatic carbocycles. The summed E-state index contributed by atoms with van der Waals surface area (Å²) in [5.41, 5.74) is 10.3. The van der Waals surface area contributed by atoms with E-state index >= 15 is 0 Å². The van der Waals surface area contributed by atoms with Crippen molar-refractivity contribution in [3.8, 4) is 11.3 Å². The normalized spacial score (nSPS) is 18.3. The SMILES string of the molecule is Nc1ccc2c(c1)cc(-c1ccccc1)n2CC1COCCO1. The van der Waals surface area contributed by atoms with E-state index in [2.05, 4.69) is 41.0 Å². The molecule has 1 aromatic heterocycles. The molecule has 4 rings (SSSR count). The predicted molar refractivity (Wildman–Crippen MR) is 92.3 cm³/mol. The van der Waals surface area contributed by atoms with Crippen molar-refractivity contribution in [3.63, 3.8) is 0 Å². The van der Waals surface area contributed by atoms with Gasteiger partial charge in [0.2, 0.25) is 0 Å². The molecule has 0 amide bonds. The summed E-state index contributed by atoms with van der Waals surface area (Å²) in [6.45, 7) is 2.77. The molecular formula is C19H20N2O2. The lowest BCUT2D eigenvalue weighted by Crippen LogP contribution is -2.32. The van der Waals surface area contributed by atoms with E-state index in [-0.39, 0.29) is 6.10 Å². The van der Waals surface area contributed by atoms with Crippen molar-refractivity contribution in [2.24, 2.45) is 0 Å². The van der Waals surface area contributed by atoms with Crippen molar-refractivity contribution >= 4 is 16.6 Å². The van der Waals surface area contributed by atoms with Gasteiger partial charge in [-0.1, -0.05) is 30.3 Å². The quantitative estimate of drug-likeness (QED) is 0.755. The molecule has 23 heavy (non-hydrogen) atoms. The zero-order chi connectivity index (χ0) is 15.6. The van der Waals surface area contributed by atoms with Gasteiger partial charge >= 0.3 is 0 Å². The largest absolute Gasteiger partial charge is 0.399 e. The summed E-state index contributed by atoms with van der Waals surface area (Å²) in [5.74, 6) is 0. The number of fused-ring (bicyclic) bond motifs is 1. The monoisotopic (exact) mass is 308 g/mol. The van der Waals surface area contributed by atoms with Crippen LogP contribution >= 0.6 is 0 Å². The van der Waals surface area contributed by atoms with E-state index in [0.29, 0.717) is 19.8 Å². The lowest BCUT2D eigenvalue weighted by atomic mass is 10.1. The summed E-state index contributed by atoms with van der Waals surface area (Å²) in [6, 6.07) is 18.7. The van der Waals surface area contributed by atoms with Crippen molar-refractivity contribution in [2.75, 3.05) is 25.6 Å². The highest BCUT2D eigenvalue weighted by Crippen LogP contribution is 2.30. The summed E-state index contributed by atoms with van der Waals surface area (Å²) in [7, 11) is 0. The van der Waals surface area contributed by atoms with Gasteiger partial charge in [-0.2, -0.15) is 0 Å². The van der Waals surface area contributed by atoms with Crippen LogP contribution in [0.1, 0.15) is 0 Å². The van der Waals surface area contributed by atoms with Crippen LogP contribution in [0.2, 0.25) is 0 Å². The van der Waals surface area contributed by atoms with Crippen molar-refractivity contribution in [2.45, 2.75) is 12.6 Å². The third-order valence-electron chi connectivity index (χ3n) is 4.27. The molecule has 1 saturated heterocycles. The van der Waals surface area contributed by atoms with Gasteiger partial charge in [0, 0.05) is 22.3 Å². The molecule has 0 radical (unpaired) electrons. The van der Waals surface area contributed by atoms with Gasteiger partial charge in [-0.25, -0.2) is 0 Å². The second-order valence-electron chi connectivity index (χ2n) is 5.89. The molecule has 4 heteroatoms. The standard InChI is InChI=1S/C19H20N2O2/c20-16-6-7-18-15(10-16)11-19(14-4-2-1-3-5-14)21(18)12-17-13-22-8-9-23-17/h1-7,10-11,17H,8-9,12-13,20H2. The average Bonchev–Trinajstić information content (AvgIpc) is 2.94. The second kappa shape index (κ2) is 6.07. The zero-order valence-electron chi connectivity index (χ0n) is 12.9. The lowest BCUT2D eigenvalue weighted by Gasteiger charge is -2.24. The van der Waals surface area contributed by atoms with Crippen LogP contribution in [0.5, 0.6) is 0 Å². The van der Waals surface area contributed by atoms with E-state index in [9.17, 15) is 0 Å². The first-order valence-electron chi connectivity index (χ1n) is 7.95. The van der Waals surface area contributed by atoms with E-state index in [1.165, 1.54) is 16.8 Å². The van der Waals surface area contributed by atoms with E-state index < -0.39 is 0 Å². The Hall–Kier alpha value is -2.30. The van der Waals surface area contributed by atoms with Crippen LogP contribution in [-0.2, 0) is 16.0 Å². The van der Waals surface area contributed by atoms with Gasteiger partial charge in [0.25, 0.3) is 0 Å².